The molecule has 0 fully saturated rings. The molecule has 1 amide bonds. The Kier molecular flexibility index (Phi) is 7.67. The summed E-state index contributed by atoms with van der Waals surface area (Å²) in [5.41, 5.74) is 3.74. The van der Waals surface area contributed by atoms with Crippen molar-refractivity contribution in [2.45, 2.75) is 39.7 Å². The molecule has 0 radical (unpaired) electrons. The molecular formula is C22H30N2O4S. The summed E-state index contributed by atoms with van der Waals surface area (Å²) in [5, 5.41) is 2.95. The summed E-state index contributed by atoms with van der Waals surface area (Å²) >= 11 is 0. The number of sulfonamides is 1. The summed E-state index contributed by atoms with van der Waals surface area (Å²) in [6.45, 7) is 6.11. The van der Waals surface area contributed by atoms with Crippen molar-refractivity contribution in [3.05, 3.63) is 59.2 Å². The van der Waals surface area contributed by atoms with Gasteiger partial charge in [-0.3, -0.25) is 9.10 Å². The Morgan fingerprint density at radius 1 is 1.10 bits per heavy atom. The van der Waals surface area contributed by atoms with E-state index >= 15 is 0 Å². The number of nitrogens with zero attached hydrogens (tertiary/aromatic N) is 1. The first kappa shape index (κ1) is 22.7. The first-order chi connectivity index (χ1) is 13.6. The highest BCUT2D eigenvalue weighted by atomic mass is 32.2. The molecule has 2 aromatic rings. The quantitative estimate of drug-likeness (QED) is 0.673. The van der Waals surface area contributed by atoms with Gasteiger partial charge in [-0.15, -0.1) is 0 Å². The number of aryl methyl sites for hydroxylation is 2. The lowest BCUT2D eigenvalue weighted by Gasteiger charge is -2.23. The van der Waals surface area contributed by atoms with Crippen LogP contribution in [-0.2, 0) is 14.8 Å². The lowest BCUT2D eigenvalue weighted by molar-refractivity contribution is -0.121. The van der Waals surface area contributed by atoms with Crippen molar-refractivity contribution in [2.75, 3.05) is 24.2 Å². The van der Waals surface area contributed by atoms with E-state index in [1.807, 2.05) is 57.2 Å². The van der Waals surface area contributed by atoms with Gasteiger partial charge in [0.1, 0.15) is 5.75 Å². The van der Waals surface area contributed by atoms with Crippen LogP contribution in [0.4, 0.5) is 5.69 Å². The highest BCUT2D eigenvalue weighted by Crippen LogP contribution is 2.22. The van der Waals surface area contributed by atoms with Crippen LogP contribution in [0.1, 0.15) is 42.5 Å². The highest BCUT2D eigenvalue weighted by molar-refractivity contribution is 7.92. The Hall–Kier alpha value is -2.54. The monoisotopic (exact) mass is 418 g/mol. The molecular weight excluding hydrogens is 388 g/mol. The van der Waals surface area contributed by atoms with E-state index in [-0.39, 0.29) is 24.9 Å². The van der Waals surface area contributed by atoms with Crippen molar-refractivity contribution in [1.29, 1.82) is 0 Å². The maximum absolute atomic E-state index is 12.3. The number of benzene rings is 2. The normalized spacial score (nSPS) is 12.3. The average Bonchev–Trinajstić information content (AvgIpc) is 2.66. The SMILES string of the molecule is COc1ccc(C(C)NC(=O)CCCN(c2ccc(C)c(C)c2)S(C)(=O)=O)cc1. The molecule has 0 aliphatic heterocycles. The van der Waals surface area contributed by atoms with Gasteiger partial charge in [-0.05, 0) is 68.1 Å². The maximum Gasteiger partial charge on any atom is 0.232 e. The van der Waals surface area contributed by atoms with E-state index in [4.69, 9.17) is 4.74 Å². The van der Waals surface area contributed by atoms with Crippen LogP contribution >= 0.6 is 0 Å². The molecule has 2 rings (SSSR count). The molecule has 0 spiro atoms. The van der Waals surface area contributed by atoms with E-state index in [2.05, 4.69) is 5.32 Å². The predicted molar refractivity (Wildman–Crippen MR) is 117 cm³/mol. The van der Waals surface area contributed by atoms with Crippen molar-refractivity contribution < 1.29 is 17.9 Å². The third-order valence-corrected chi connectivity index (χ3v) is 6.13. The van der Waals surface area contributed by atoms with Crippen molar-refractivity contribution in [3.63, 3.8) is 0 Å². The van der Waals surface area contributed by atoms with Crippen molar-refractivity contribution in [3.8, 4) is 5.75 Å². The van der Waals surface area contributed by atoms with E-state index in [1.165, 1.54) is 10.6 Å². The van der Waals surface area contributed by atoms with Gasteiger partial charge >= 0.3 is 0 Å². The number of hydrogen-bond acceptors (Lipinski definition) is 4. The number of methoxy groups -OCH3 is 1. The molecule has 0 bridgehead atoms. The third kappa shape index (κ3) is 6.49. The van der Waals surface area contributed by atoms with Crippen LogP contribution < -0.4 is 14.4 Å². The minimum atomic E-state index is -3.43. The largest absolute Gasteiger partial charge is 0.497 e. The lowest BCUT2D eigenvalue weighted by atomic mass is 10.1. The molecule has 0 saturated heterocycles. The van der Waals surface area contributed by atoms with E-state index in [0.717, 1.165) is 22.4 Å². The van der Waals surface area contributed by atoms with Gasteiger partial charge in [0.25, 0.3) is 0 Å². The number of hydrogen-bond donors (Lipinski definition) is 1. The number of carbonyl (C=O) groups is 1. The summed E-state index contributed by atoms with van der Waals surface area (Å²) in [7, 11) is -1.82. The molecule has 0 aliphatic carbocycles. The number of nitrogens with one attached hydrogen (secondary N) is 1. The summed E-state index contributed by atoms with van der Waals surface area (Å²) in [5.74, 6) is 0.654. The second-order valence-electron chi connectivity index (χ2n) is 7.27. The van der Waals surface area contributed by atoms with Crippen molar-refractivity contribution >= 4 is 21.6 Å². The predicted octanol–water partition coefficient (Wildman–Crippen LogP) is 3.74. The molecule has 0 aliphatic rings. The van der Waals surface area contributed by atoms with Crippen LogP contribution in [0.5, 0.6) is 5.75 Å². The van der Waals surface area contributed by atoms with Crippen LogP contribution in [0.2, 0.25) is 0 Å². The Morgan fingerprint density at radius 3 is 2.31 bits per heavy atom. The van der Waals surface area contributed by atoms with Crippen molar-refractivity contribution in [1.82, 2.24) is 5.32 Å². The zero-order chi connectivity index (χ0) is 21.6. The second-order valence-corrected chi connectivity index (χ2v) is 9.18. The number of rotatable bonds is 9. The minimum Gasteiger partial charge on any atom is -0.497 e. The molecule has 1 unspecified atom stereocenters. The van der Waals surface area contributed by atoms with Gasteiger partial charge in [0.15, 0.2) is 0 Å². The third-order valence-electron chi connectivity index (χ3n) is 4.94. The number of amides is 1. The average molecular weight is 419 g/mol. The van der Waals surface area contributed by atoms with E-state index < -0.39 is 10.0 Å². The highest BCUT2D eigenvalue weighted by Gasteiger charge is 2.18. The molecule has 0 heterocycles. The first-order valence-corrected chi connectivity index (χ1v) is 11.4. The topological polar surface area (TPSA) is 75.7 Å². The summed E-state index contributed by atoms with van der Waals surface area (Å²) in [4.78, 5) is 12.3. The van der Waals surface area contributed by atoms with E-state index in [0.29, 0.717) is 12.1 Å². The van der Waals surface area contributed by atoms with Crippen LogP contribution in [0.3, 0.4) is 0 Å². The van der Waals surface area contributed by atoms with Crippen LogP contribution in [-0.4, -0.2) is 34.2 Å². The zero-order valence-electron chi connectivity index (χ0n) is 17.7. The fourth-order valence-corrected chi connectivity index (χ4v) is 4.00. The van der Waals surface area contributed by atoms with E-state index in [1.54, 1.807) is 13.2 Å². The zero-order valence-corrected chi connectivity index (χ0v) is 18.5. The summed E-state index contributed by atoms with van der Waals surface area (Å²) in [6, 6.07) is 13.0. The fourth-order valence-electron chi connectivity index (χ4n) is 3.04. The second kappa shape index (κ2) is 9.78. The minimum absolute atomic E-state index is 0.109. The fraction of sp³-hybridized carbons (Fsp3) is 0.409. The van der Waals surface area contributed by atoms with Gasteiger partial charge in [-0.1, -0.05) is 18.2 Å². The molecule has 158 valence electrons. The molecule has 1 atom stereocenters. The molecule has 1 N–H and O–H groups in total. The molecule has 2 aromatic carbocycles. The van der Waals surface area contributed by atoms with Gasteiger partial charge in [0, 0.05) is 13.0 Å². The molecule has 0 aromatic heterocycles. The van der Waals surface area contributed by atoms with Gasteiger partial charge in [-0.25, -0.2) is 8.42 Å². The van der Waals surface area contributed by atoms with Crippen LogP contribution in [0, 0.1) is 13.8 Å². The Balaban J connectivity index is 1.94. The molecule has 7 heteroatoms. The lowest BCUT2D eigenvalue weighted by Crippen LogP contribution is -2.32. The van der Waals surface area contributed by atoms with Crippen LogP contribution in [0.15, 0.2) is 42.5 Å². The summed E-state index contributed by atoms with van der Waals surface area (Å²) < 4.78 is 31.0. The Bertz CT molecular complexity index is 940. The molecule has 29 heavy (non-hydrogen) atoms. The van der Waals surface area contributed by atoms with Crippen LogP contribution in [0.25, 0.3) is 0 Å². The maximum atomic E-state index is 12.3. The van der Waals surface area contributed by atoms with E-state index in [9.17, 15) is 13.2 Å². The number of anilines is 1. The summed E-state index contributed by atoms with van der Waals surface area (Å²) in [6.07, 6.45) is 1.87. The first-order valence-electron chi connectivity index (χ1n) is 9.60. The molecule has 0 saturated carbocycles. The van der Waals surface area contributed by atoms with Crippen molar-refractivity contribution in [2.24, 2.45) is 0 Å². The Labute approximate surface area is 173 Å². The molecule has 6 nitrogen and oxygen atoms in total. The Morgan fingerprint density at radius 2 is 1.76 bits per heavy atom. The number of carbonyl (C=O) groups excluding carboxylic acids is 1. The van der Waals surface area contributed by atoms with Gasteiger partial charge in [0.05, 0.1) is 25.1 Å². The van der Waals surface area contributed by atoms with Gasteiger partial charge < -0.3 is 10.1 Å². The smallest absolute Gasteiger partial charge is 0.232 e. The number of ether oxygens (including phenoxy) is 1. The van der Waals surface area contributed by atoms with Gasteiger partial charge in [-0.2, -0.15) is 0 Å². The standard InChI is InChI=1S/C22H30N2O4S/c1-16-8-11-20(15-17(16)2)24(29(5,26)27)14-6-7-22(25)23-18(3)19-9-12-21(28-4)13-10-19/h8-13,15,18H,6-7,14H2,1-5H3,(H,23,25). The van der Waals surface area contributed by atoms with Gasteiger partial charge in [0.2, 0.25) is 15.9 Å².